The van der Waals surface area contributed by atoms with E-state index >= 15 is 0 Å². The molecule has 7 nitrogen and oxygen atoms in total. The van der Waals surface area contributed by atoms with E-state index in [1.807, 2.05) is 30.1 Å². The van der Waals surface area contributed by atoms with Crippen molar-refractivity contribution in [3.8, 4) is 11.5 Å². The second kappa shape index (κ2) is 9.95. The molecule has 1 aliphatic rings. The number of para-hydroxylation sites is 1. The summed E-state index contributed by atoms with van der Waals surface area (Å²) in [7, 11) is 6.43. The van der Waals surface area contributed by atoms with E-state index in [9.17, 15) is 9.59 Å². The zero-order valence-corrected chi connectivity index (χ0v) is 18.7. The summed E-state index contributed by atoms with van der Waals surface area (Å²) in [6, 6.07) is 5.67. The van der Waals surface area contributed by atoms with Crippen molar-refractivity contribution < 1.29 is 23.8 Å². The highest BCUT2D eigenvalue weighted by atomic mass is 32.1. The largest absolute Gasteiger partial charge is 0.493 e. The fourth-order valence-electron chi connectivity index (χ4n) is 3.81. The standard InChI is InChI=1S/C22H28N2O5S/c1-24(12-14-8-7-10-16(27-2)20(14)28-3)13-18(25)23-21-19(22(26)29-4)15-9-5-6-11-17(15)30-21/h7-8,10H,5-6,9,11-13H2,1-4H3,(H,23,25). The van der Waals surface area contributed by atoms with E-state index in [0.29, 0.717) is 28.6 Å². The van der Waals surface area contributed by atoms with E-state index in [2.05, 4.69) is 5.32 Å². The highest BCUT2D eigenvalue weighted by Gasteiger charge is 2.27. The number of esters is 1. The summed E-state index contributed by atoms with van der Waals surface area (Å²) in [6.07, 6.45) is 3.94. The number of hydrogen-bond acceptors (Lipinski definition) is 7. The molecule has 0 fully saturated rings. The highest BCUT2D eigenvalue weighted by molar-refractivity contribution is 7.17. The van der Waals surface area contributed by atoms with Crippen molar-refractivity contribution in [2.24, 2.45) is 0 Å². The van der Waals surface area contributed by atoms with Gasteiger partial charge in [-0.1, -0.05) is 12.1 Å². The van der Waals surface area contributed by atoms with E-state index in [4.69, 9.17) is 14.2 Å². The minimum Gasteiger partial charge on any atom is -0.493 e. The molecule has 30 heavy (non-hydrogen) atoms. The molecule has 0 bridgehead atoms. The van der Waals surface area contributed by atoms with Gasteiger partial charge in [-0.3, -0.25) is 9.69 Å². The molecule has 0 saturated carbocycles. The van der Waals surface area contributed by atoms with Gasteiger partial charge in [0.05, 0.1) is 33.4 Å². The first-order chi connectivity index (χ1) is 14.5. The van der Waals surface area contributed by atoms with Crippen molar-refractivity contribution in [3.05, 3.63) is 39.8 Å². The molecule has 0 aliphatic heterocycles. The number of nitrogens with zero attached hydrogens (tertiary/aromatic N) is 1. The summed E-state index contributed by atoms with van der Waals surface area (Å²) in [4.78, 5) is 28.1. The molecule has 0 atom stereocenters. The van der Waals surface area contributed by atoms with Crippen LogP contribution in [0.25, 0.3) is 0 Å². The number of likely N-dealkylation sites (N-methyl/N-ethyl adjacent to an activating group) is 1. The van der Waals surface area contributed by atoms with Crippen molar-refractivity contribution in [2.75, 3.05) is 40.2 Å². The maximum absolute atomic E-state index is 12.7. The third-order valence-electron chi connectivity index (χ3n) is 5.15. The van der Waals surface area contributed by atoms with Gasteiger partial charge in [-0.15, -0.1) is 11.3 Å². The maximum Gasteiger partial charge on any atom is 0.341 e. The summed E-state index contributed by atoms with van der Waals surface area (Å²) >= 11 is 1.49. The smallest absolute Gasteiger partial charge is 0.341 e. The SMILES string of the molecule is COC(=O)c1c(NC(=O)CN(C)Cc2cccc(OC)c2OC)sc2c1CCCC2. The topological polar surface area (TPSA) is 77.1 Å². The molecule has 2 aromatic rings. The van der Waals surface area contributed by atoms with Gasteiger partial charge >= 0.3 is 5.97 Å². The van der Waals surface area contributed by atoms with Crippen LogP contribution in [0.4, 0.5) is 5.00 Å². The molecule has 1 aromatic carbocycles. The molecule has 0 saturated heterocycles. The monoisotopic (exact) mass is 432 g/mol. The molecule has 0 unspecified atom stereocenters. The highest BCUT2D eigenvalue weighted by Crippen LogP contribution is 2.38. The summed E-state index contributed by atoms with van der Waals surface area (Å²) in [6.45, 7) is 0.683. The van der Waals surface area contributed by atoms with Crippen molar-refractivity contribution >= 4 is 28.2 Å². The molecular weight excluding hydrogens is 404 g/mol. The molecule has 0 spiro atoms. The Bertz CT molecular complexity index is 924. The number of carbonyl (C=O) groups excluding carboxylic acids is 2. The fourth-order valence-corrected chi connectivity index (χ4v) is 5.10. The van der Waals surface area contributed by atoms with Crippen molar-refractivity contribution in [2.45, 2.75) is 32.2 Å². The maximum atomic E-state index is 12.7. The van der Waals surface area contributed by atoms with Gasteiger partial charge in [0.2, 0.25) is 5.91 Å². The lowest BCUT2D eigenvalue weighted by molar-refractivity contribution is -0.117. The van der Waals surface area contributed by atoms with Crippen LogP contribution in [0.1, 0.15) is 39.2 Å². The number of fused-ring (bicyclic) bond motifs is 1. The van der Waals surface area contributed by atoms with Crippen LogP contribution < -0.4 is 14.8 Å². The molecular formula is C22H28N2O5S. The zero-order valence-electron chi connectivity index (χ0n) is 17.9. The minimum atomic E-state index is -0.390. The molecule has 1 aromatic heterocycles. The Morgan fingerprint density at radius 1 is 1.13 bits per heavy atom. The lowest BCUT2D eigenvalue weighted by Gasteiger charge is -2.19. The molecule has 1 aliphatic carbocycles. The van der Waals surface area contributed by atoms with Crippen LogP contribution in [0.2, 0.25) is 0 Å². The van der Waals surface area contributed by atoms with E-state index in [-0.39, 0.29) is 18.4 Å². The first kappa shape index (κ1) is 22.1. The number of benzene rings is 1. The zero-order chi connectivity index (χ0) is 21.7. The Kier molecular flexibility index (Phi) is 7.33. The summed E-state index contributed by atoms with van der Waals surface area (Å²) in [5.74, 6) is 0.744. The number of rotatable bonds is 8. The second-order valence-electron chi connectivity index (χ2n) is 7.28. The van der Waals surface area contributed by atoms with E-state index in [1.165, 1.54) is 23.3 Å². The Morgan fingerprint density at radius 2 is 1.90 bits per heavy atom. The van der Waals surface area contributed by atoms with Crippen molar-refractivity contribution in [3.63, 3.8) is 0 Å². The van der Waals surface area contributed by atoms with Crippen LogP contribution in [-0.4, -0.2) is 51.7 Å². The Hall–Kier alpha value is -2.58. The van der Waals surface area contributed by atoms with Crippen LogP contribution in [0, 0.1) is 0 Å². The van der Waals surface area contributed by atoms with E-state index in [1.54, 1.807) is 14.2 Å². The summed E-state index contributed by atoms with van der Waals surface area (Å²) in [5, 5.41) is 3.52. The normalized spacial score (nSPS) is 13.0. The number of carbonyl (C=O) groups is 2. The lowest BCUT2D eigenvalue weighted by Crippen LogP contribution is -2.30. The van der Waals surface area contributed by atoms with Gasteiger partial charge in [-0.05, 0) is 44.4 Å². The minimum absolute atomic E-state index is 0.170. The van der Waals surface area contributed by atoms with Gasteiger partial charge in [0.1, 0.15) is 5.00 Å². The third kappa shape index (κ3) is 4.76. The first-order valence-electron chi connectivity index (χ1n) is 9.89. The second-order valence-corrected chi connectivity index (χ2v) is 8.38. The summed E-state index contributed by atoms with van der Waals surface area (Å²) < 4.78 is 15.8. The number of methoxy groups -OCH3 is 3. The first-order valence-corrected chi connectivity index (χ1v) is 10.7. The van der Waals surface area contributed by atoms with Gasteiger partial charge in [-0.2, -0.15) is 0 Å². The molecule has 1 N–H and O–H groups in total. The van der Waals surface area contributed by atoms with Gasteiger partial charge < -0.3 is 19.5 Å². The number of ether oxygens (including phenoxy) is 3. The number of anilines is 1. The predicted octanol–water partition coefficient (Wildman–Crippen LogP) is 3.50. The van der Waals surface area contributed by atoms with Gasteiger partial charge in [-0.25, -0.2) is 4.79 Å². The average molecular weight is 433 g/mol. The van der Waals surface area contributed by atoms with Crippen LogP contribution >= 0.6 is 11.3 Å². The number of aryl methyl sites for hydroxylation is 1. The quantitative estimate of drug-likeness (QED) is 0.644. The molecule has 0 radical (unpaired) electrons. The van der Waals surface area contributed by atoms with Crippen molar-refractivity contribution in [1.82, 2.24) is 4.90 Å². The number of hydrogen-bond donors (Lipinski definition) is 1. The fraction of sp³-hybridized carbons (Fsp3) is 0.455. The molecule has 1 amide bonds. The Balaban J connectivity index is 1.70. The van der Waals surface area contributed by atoms with Crippen LogP contribution in [0.5, 0.6) is 11.5 Å². The van der Waals surface area contributed by atoms with Crippen LogP contribution in [0.15, 0.2) is 18.2 Å². The molecule has 3 rings (SSSR count). The number of thiophene rings is 1. The Labute approximate surface area is 180 Å². The number of amides is 1. The predicted molar refractivity (Wildman–Crippen MR) is 117 cm³/mol. The van der Waals surface area contributed by atoms with Gasteiger partial charge in [0, 0.05) is 17.0 Å². The average Bonchev–Trinajstić information content (AvgIpc) is 3.10. The molecule has 8 heteroatoms. The van der Waals surface area contributed by atoms with E-state index in [0.717, 1.165) is 36.8 Å². The van der Waals surface area contributed by atoms with E-state index < -0.39 is 0 Å². The number of nitrogens with one attached hydrogen (secondary N) is 1. The van der Waals surface area contributed by atoms with Crippen LogP contribution in [-0.2, 0) is 28.9 Å². The third-order valence-corrected chi connectivity index (χ3v) is 6.36. The molecule has 1 heterocycles. The van der Waals surface area contributed by atoms with Gasteiger partial charge in [0.15, 0.2) is 11.5 Å². The summed E-state index contributed by atoms with van der Waals surface area (Å²) in [5.41, 5.74) is 2.47. The lowest BCUT2D eigenvalue weighted by atomic mass is 9.95. The van der Waals surface area contributed by atoms with Crippen molar-refractivity contribution in [1.29, 1.82) is 0 Å². The Morgan fingerprint density at radius 3 is 2.60 bits per heavy atom. The molecule has 162 valence electrons. The van der Waals surface area contributed by atoms with Crippen LogP contribution in [0.3, 0.4) is 0 Å². The van der Waals surface area contributed by atoms with Gasteiger partial charge in [0.25, 0.3) is 0 Å².